The van der Waals surface area contributed by atoms with Gasteiger partial charge in [0.1, 0.15) is 0 Å². The van der Waals surface area contributed by atoms with Crippen LogP contribution < -0.4 is 5.32 Å². The van der Waals surface area contributed by atoms with Gasteiger partial charge in [-0.15, -0.1) is 0 Å². The first kappa shape index (κ1) is 20.1. The van der Waals surface area contributed by atoms with E-state index in [4.69, 9.17) is 0 Å². The summed E-state index contributed by atoms with van der Waals surface area (Å²) >= 11 is 0. The smallest absolute Gasteiger partial charge is 0.227 e. The molecule has 1 fully saturated rings. The molecule has 3 rings (SSSR count). The number of hydrogen-bond donors (Lipinski definition) is 1. The molecule has 0 radical (unpaired) electrons. The van der Waals surface area contributed by atoms with Crippen LogP contribution in [0.3, 0.4) is 0 Å². The Morgan fingerprint density at radius 3 is 2.43 bits per heavy atom. The molecule has 1 heterocycles. The Morgan fingerprint density at radius 2 is 1.75 bits per heavy atom. The van der Waals surface area contributed by atoms with Gasteiger partial charge in [-0.1, -0.05) is 73.5 Å². The van der Waals surface area contributed by atoms with E-state index in [1.54, 1.807) is 0 Å². The van der Waals surface area contributed by atoms with Gasteiger partial charge in [0.05, 0.1) is 12.3 Å². The Morgan fingerprint density at radius 1 is 1.04 bits per heavy atom. The van der Waals surface area contributed by atoms with Crippen molar-refractivity contribution in [1.82, 2.24) is 10.2 Å². The third kappa shape index (κ3) is 5.00. The van der Waals surface area contributed by atoms with Crippen LogP contribution in [0.5, 0.6) is 0 Å². The summed E-state index contributed by atoms with van der Waals surface area (Å²) < 4.78 is 0. The molecule has 148 valence electrons. The number of nitrogens with one attached hydrogen (secondary N) is 1. The predicted octanol–water partition coefficient (Wildman–Crippen LogP) is 3.70. The van der Waals surface area contributed by atoms with E-state index in [2.05, 4.69) is 43.4 Å². The van der Waals surface area contributed by atoms with Gasteiger partial charge in [0.2, 0.25) is 11.8 Å². The van der Waals surface area contributed by atoms with Crippen LogP contribution in [0.4, 0.5) is 0 Å². The lowest BCUT2D eigenvalue weighted by atomic mass is 9.88. The molecule has 0 aromatic heterocycles. The van der Waals surface area contributed by atoms with Gasteiger partial charge >= 0.3 is 0 Å². The van der Waals surface area contributed by atoms with E-state index in [0.29, 0.717) is 26.1 Å². The van der Waals surface area contributed by atoms with Crippen LogP contribution in [-0.2, 0) is 16.0 Å². The molecule has 4 nitrogen and oxygen atoms in total. The lowest BCUT2D eigenvalue weighted by Crippen LogP contribution is -2.36. The maximum atomic E-state index is 12.9. The fraction of sp³-hybridized carbons (Fsp3) is 0.417. The molecular weight excluding hydrogens is 348 g/mol. The van der Waals surface area contributed by atoms with E-state index in [-0.39, 0.29) is 23.7 Å². The molecule has 2 aromatic rings. The van der Waals surface area contributed by atoms with E-state index in [1.807, 2.05) is 35.2 Å². The monoisotopic (exact) mass is 378 g/mol. The number of likely N-dealkylation sites (tertiary alicyclic amines) is 1. The van der Waals surface area contributed by atoms with E-state index < -0.39 is 0 Å². The van der Waals surface area contributed by atoms with Crippen molar-refractivity contribution in [2.45, 2.75) is 39.0 Å². The largest absolute Gasteiger partial charge is 0.356 e. The highest BCUT2D eigenvalue weighted by Gasteiger charge is 2.40. The van der Waals surface area contributed by atoms with Crippen LogP contribution in [0.2, 0.25) is 0 Å². The van der Waals surface area contributed by atoms with E-state index in [9.17, 15) is 9.59 Å². The molecule has 28 heavy (non-hydrogen) atoms. The molecule has 2 unspecified atom stereocenters. The van der Waals surface area contributed by atoms with Gasteiger partial charge in [0.15, 0.2) is 0 Å². The number of rotatable bonds is 7. The van der Waals surface area contributed by atoms with Crippen LogP contribution in [-0.4, -0.2) is 36.3 Å². The SMILES string of the molecule is CCCCNC(=O)C1CN(C(=O)Cc2ccccc2)CC1c1ccc(C)cc1. The second kappa shape index (κ2) is 9.54. The minimum Gasteiger partial charge on any atom is -0.356 e. The molecule has 2 amide bonds. The number of unbranched alkanes of at least 4 members (excludes halogenated alkanes) is 1. The Hall–Kier alpha value is -2.62. The first-order valence-corrected chi connectivity index (χ1v) is 10.2. The maximum absolute atomic E-state index is 12.9. The molecule has 2 aromatic carbocycles. The average molecular weight is 379 g/mol. The second-order valence-electron chi connectivity index (χ2n) is 7.73. The third-order valence-corrected chi connectivity index (χ3v) is 5.54. The normalized spacial score (nSPS) is 18.9. The summed E-state index contributed by atoms with van der Waals surface area (Å²) in [5.41, 5.74) is 3.34. The number of amides is 2. The fourth-order valence-corrected chi connectivity index (χ4v) is 3.83. The molecule has 2 atom stereocenters. The topological polar surface area (TPSA) is 49.4 Å². The standard InChI is InChI=1S/C24H30N2O2/c1-3-4-14-25-24(28)22-17-26(23(27)15-19-8-6-5-7-9-19)16-21(22)20-12-10-18(2)11-13-20/h5-13,21-22H,3-4,14-17H2,1-2H3,(H,25,28). The van der Waals surface area contributed by atoms with Gasteiger partial charge in [-0.05, 0) is 24.5 Å². The maximum Gasteiger partial charge on any atom is 0.227 e. The van der Waals surface area contributed by atoms with Crippen LogP contribution in [0, 0.1) is 12.8 Å². The minimum atomic E-state index is -0.195. The minimum absolute atomic E-state index is 0.0435. The van der Waals surface area contributed by atoms with Gasteiger partial charge in [0, 0.05) is 25.6 Å². The van der Waals surface area contributed by atoms with E-state index in [1.165, 1.54) is 5.56 Å². The average Bonchev–Trinajstić information content (AvgIpc) is 3.15. The van der Waals surface area contributed by atoms with E-state index >= 15 is 0 Å². The highest BCUT2D eigenvalue weighted by molar-refractivity contribution is 5.84. The van der Waals surface area contributed by atoms with Crippen molar-refractivity contribution in [3.05, 3.63) is 71.3 Å². The number of benzene rings is 2. The van der Waals surface area contributed by atoms with Gasteiger partial charge in [-0.3, -0.25) is 9.59 Å². The van der Waals surface area contributed by atoms with E-state index in [0.717, 1.165) is 24.0 Å². The van der Waals surface area contributed by atoms with Crippen LogP contribution in [0.1, 0.15) is 42.4 Å². The summed E-state index contributed by atoms with van der Waals surface area (Å²) in [6, 6.07) is 18.1. The summed E-state index contributed by atoms with van der Waals surface area (Å²) in [7, 11) is 0. The van der Waals surface area contributed by atoms with Gasteiger partial charge in [-0.2, -0.15) is 0 Å². The Balaban J connectivity index is 1.74. The molecule has 0 saturated carbocycles. The second-order valence-corrected chi connectivity index (χ2v) is 7.73. The summed E-state index contributed by atoms with van der Waals surface area (Å²) in [4.78, 5) is 27.6. The van der Waals surface area contributed by atoms with Crippen LogP contribution in [0.25, 0.3) is 0 Å². The summed E-state index contributed by atoms with van der Waals surface area (Å²) in [5.74, 6) is 0.00226. The highest BCUT2D eigenvalue weighted by atomic mass is 16.2. The van der Waals surface area contributed by atoms with Crippen molar-refractivity contribution in [3.8, 4) is 0 Å². The lowest BCUT2D eigenvalue weighted by molar-refractivity contribution is -0.130. The summed E-state index contributed by atoms with van der Waals surface area (Å²) in [5, 5.41) is 3.07. The van der Waals surface area contributed by atoms with Crippen molar-refractivity contribution >= 4 is 11.8 Å². The van der Waals surface area contributed by atoms with Crippen LogP contribution >= 0.6 is 0 Å². The van der Waals surface area contributed by atoms with Crippen molar-refractivity contribution < 1.29 is 9.59 Å². The molecule has 1 saturated heterocycles. The predicted molar refractivity (Wildman–Crippen MR) is 112 cm³/mol. The zero-order valence-electron chi connectivity index (χ0n) is 16.9. The van der Waals surface area contributed by atoms with Crippen LogP contribution in [0.15, 0.2) is 54.6 Å². The molecule has 0 aliphatic carbocycles. The molecular formula is C24H30N2O2. The number of aryl methyl sites for hydroxylation is 1. The van der Waals surface area contributed by atoms with Crippen molar-refractivity contribution in [2.24, 2.45) is 5.92 Å². The number of carbonyl (C=O) groups is 2. The summed E-state index contributed by atoms with van der Waals surface area (Å²) in [6.45, 7) is 5.96. The molecule has 0 bridgehead atoms. The zero-order valence-corrected chi connectivity index (χ0v) is 16.9. The van der Waals surface area contributed by atoms with Crippen molar-refractivity contribution in [2.75, 3.05) is 19.6 Å². The number of hydrogen-bond acceptors (Lipinski definition) is 2. The van der Waals surface area contributed by atoms with Gasteiger partial charge in [0.25, 0.3) is 0 Å². The molecule has 1 aliphatic heterocycles. The third-order valence-electron chi connectivity index (χ3n) is 5.54. The molecule has 1 aliphatic rings. The zero-order chi connectivity index (χ0) is 19.9. The first-order valence-electron chi connectivity index (χ1n) is 10.2. The lowest BCUT2D eigenvalue weighted by Gasteiger charge is -2.18. The molecule has 0 spiro atoms. The molecule has 4 heteroatoms. The quantitative estimate of drug-likeness (QED) is 0.747. The van der Waals surface area contributed by atoms with Gasteiger partial charge < -0.3 is 10.2 Å². The Kier molecular flexibility index (Phi) is 6.85. The fourth-order valence-electron chi connectivity index (χ4n) is 3.83. The summed E-state index contributed by atoms with van der Waals surface area (Å²) in [6.07, 6.45) is 2.41. The first-order chi connectivity index (χ1) is 13.6. The molecule has 1 N–H and O–H groups in total. The van der Waals surface area contributed by atoms with Gasteiger partial charge in [-0.25, -0.2) is 0 Å². The van der Waals surface area contributed by atoms with Crippen molar-refractivity contribution in [1.29, 1.82) is 0 Å². The Labute approximate surface area is 167 Å². The number of nitrogens with zero attached hydrogens (tertiary/aromatic N) is 1. The number of carbonyl (C=O) groups excluding carboxylic acids is 2. The Bertz CT molecular complexity index is 786. The van der Waals surface area contributed by atoms with Crippen molar-refractivity contribution in [3.63, 3.8) is 0 Å². The highest BCUT2D eigenvalue weighted by Crippen LogP contribution is 2.33.